The molecule has 0 amide bonds. The van der Waals surface area contributed by atoms with E-state index in [0.29, 0.717) is 0 Å². The quantitative estimate of drug-likeness (QED) is 0.180. The summed E-state index contributed by atoms with van der Waals surface area (Å²) in [6, 6.07) is 69.6. The Balaban J connectivity index is 0.952. The Bertz CT molecular complexity index is 3520. The van der Waals surface area contributed by atoms with Crippen LogP contribution in [0.25, 0.3) is 121 Å². The highest BCUT2D eigenvalue weighted by molar-refractivity contribution is 6.19. The topological polar surface area (TPSA) is 36.1 Å². The fourth-order valence-corrected chi connectivity index (χ4v) is 9.40. The maximum Gasteiger partial charge on any atom is 0.137 e. The molecule has 13 aromatic rings. The maximum absolute atomic E-state index is 6.37. The first-order valence-electron chi connectivity index (χ1n) is 19.7. The molecule has 58 heavy (non-hydrogen) atoms. The molecule has 4 aromatic heterocycles. The molecule has 4 heterocycles. The predicted octanol–water partition coefficient (Wildman–Crippen LogP) is 15.0. The SMILES string of the molecule is c1ccc(-n2c3ccc(-c4ccc(-c5ccc6c(c5)c5cc7c(cc5n6-c5ccccc5)oc5ccccc57)cc4)cc3c3cc4c(cc32)oc2ccccc24)cc1. The number of furan rings is 2. The number of para-hydroxylation sites is 4. The van der Waals surface area contributed by atoms with Crippen molar-refractivity contribution in [2.75, 3.05) is 0 Å². The van der Waals surface area contributed by atoms with Gasteiger partial charge in [-0.05, 0) is 95.1 Å². The Hall–Kier alpha value is -7.82. The van der Waals surface area contributed by atoms with Gasteiger partial charge in [-0.3, -0.25) is 0 Å². The Kier molecular flexibility index (Phi) is 6.41. The number of fused-ring (bicyclic) bond motifs is 12. The first kappa shape index (κ1) is 31.4. The minimum absolute atomic E-state index is 0.899. The highest BCUT2D eigenvalue weighted by atomic mass is 16.3. The van der Waals surface area contributed by atoms with Gasteiger partial charge in [0.25, 0.3) is 0 Å². The van der Waals surface area contributed by atoms with Gasteiger partial charge in [-0.15, -0.1) is 0 Å². The lowest BCUT2D eigenvalue weighted by atomic mass is 9.98. The summed E-state index contributed by atoms with van der Waals surface area (Å²) < 4.78 is 17.4. The fraction of sp³-hybridized carbons (Fsp3) is 0. The molecule has 0 atom stereocenters. The summed E-state index contributed by atoms with van der Waals surface area (Å²) in [4.78, 5) is 0. The molecule has 4 nitrogen and oxygen atoms in total. The zero-order valence-electron chi connectivity index (χ0n) is 31.2. The molecule has 0 fully saturated rings. The molecule has 0 N–H and O–H groups in total. The molecule has 9 aromatic carbocycles. The summed E-state index contributed by atoms with van der Waals surface area (Å²) in [5, 5.41) is 9.39. The van der Waals surface area contributed by atoms with Crippen molar-refractivity contribution in [1.29, 1.82) is 0 Å². The Labute approximate surface area is 332 Å². The van der Waals surface area contributed by atoms with Crippen LogP contribution < -0.4 is 0 Å². The van der Waals surface area contributed by atoms with E-state index in [-0.39, 0.29) is 0 Å². The van der Waals surface area contributed by atoms with Crippen molar-refractivity contribution in [3.05, 3.63) is 194 Å². The molecule has 0 radical (unpaired) electrons. The summed E-state index contributed by atoms with van der Waals surface area (Å²) in [5.74, 6) is 0. The van der Waals surface area contributed by atoms with E-state index in [1.807, 2.05) is 24.3 Å². The lowest BCUT2D eigenvalue weighted by Gasteiger charge is -2.09. The van der Waals surface area contributed by atoms with Gasteiger partial charge in [0.1, 0.15) is 22.3 Å². The van der Waals surface area contributed by atoms with E-state index in [1.54, 1.807) is 0 Å². The summed E-state index contributed by atoms with van der Waals surface area (Å²) in [5.41, 5.74) is 15.2. The maximum atomic E-state index is 6.37. The monoisotopic (exact) mass is 740 g/mol. The molecule has 4 heteroatoms. The van der Waals surface area contributed by atoms with Crippen molar-refractivity contribution in [2.45, 2.75) is 0 Å². The molecule has 0 aliphatic heterocycles. The molecule has 13 rings (SSSR count). The van der Waals surface area contributed by atoms with E-state index in [9.17, 15) is 0 Å². The third-order valence-electron chi connectivity index (χ3n) is 12.1. The van der Waals surface area contributed by atoms with Gasteiger partial charge in [0.05, 0.1) is 22.1 Å². The van der Waals surface area contributed by atoms with Crippen molar-refractivity contribution < 1.29 is 8.83 Å². The highest BCUT2D eigenvalue weighted by Gasteiger charge is 2.19. The minimum Gasteiger partial charge on any atom is -0.456 e. The Morgan fingerprint density at radius 3 is 1.07 bits per heavy atom. The van der Waals surface area contributed by atoms with E-state index < -0.39 is 0 Å². The van der Waals surface area contributed by atoms with Gasteiger partial charge in [0, 0.05) is 66.6 Å². The first-order valence-corrected chi connectivity index (χ1v) is 19.7. The molecule has 0 bridgehead atoms. The van der Waals surface area contributed by atoms with Crippen LogP contribution in [0.15, 0.2) is 203 Å². The lowest BCUT2D eigenvalue weighted by Crippen LogP contribution is -1.93. The predicted molar refractivity (Wildman–Crippen MR) is 241 cm³/mol. The van der Waals surface area contributed by atoms with Gasteiger partial charge >= 0.3 is 0 Å². The van der Waals surface area contributed by atoms with Crippen molar-refractivity contribution in [1.82, 2.24) is 9.13 Å². The van der Waals surface area contributed by atoms with Crippen molar-refractivity contribution in [3.63, 3.8) is 0 Å². The van der Waals surface area contributed by atoms with Gasteiger partial charge in [-0.2, -0.15) is 0 Å². The van der Waals surface area contributed by atoms with Crippen LogP contribution >= 0.6 is 0 Å². The molecule has 0 spiro atoms. The van der Waals surface area contributed by atoms with Crippen molar-refractivity contribution in [2.24, 2.45) is 0 Å². The normalized spacial score (nSPS) is 12.1. The Morgan fingerprint density at radius 1 is 0.241 bits per heavy atom. The van der Waals surface area contributed by atoms with Crippen LogP contribution in [0.5, 0.6) is 0 Å². The molecule has 0 saturated heterocycles. The largest absolute Gasteiger partial charge is 0.456 e. The smallest absolute Gasteiger partial charge is 0.137 e. The van der Waals surface area contributed by atoms with Gasteiger partial charge in [0.15, 0.2) is 0 Å². The standard InChI is InChI=1S/C54H32N2O2/c1-3-11-37(12-4-1)55-47-25-23-35(27-41(47)43-29-45-39-15-7-9-17-51(39)57-53(45)31-49(43)55)33-19-21-34(22-20-33)36-24-26-48-42(28-36)44-30-46-40-16-8-10-18-52(40)58-54(46)32-50(44)56(48)38-13-5-2-6-14-38/h1-32H. The van der Waals surface area contributed by atoms with Crippen LogP contribution in [0.2, 0.25) is 0 Å². The van der Waals surface area contributed by atoms with E-state index in [4.69, 9.17) is 8.83 Å². The van der Waals surface area contributed by atoms with E-state index in [2.05, 4.69) is 179 Å². The summed E-state index contributed by atoms with van der Waals surface area (Å²) in [6.45, 7) is 0. The second kappa shape index (κ2) is 11.8. The zero-order chi connectivity index (χ0) is 37.9. The van der Waals surface area contributed by atoms with E-state index in [0.717, 1.165) is 66.3 Å². The van der Waals surface area contributed by atoms with Gasteiger partial charge in [0.2, 0.25) is 0 Å². The third kappa shape index (κ3) is 4.51. The van der Waals surface area contributed by atoms with Crippen molar-refractivity contribution >= 4 is 87.5 Å². The van der Waals surface area contributed by atoms with Gasteiger partial charge in [-0.1, -0.05) is 109 Å². The number of benzene rings is 9. The van der Waals surface area contributed by atoms with Crippen LogP contribution in [-0.4, -0.2) is 9.13 Å². The number of aromatic nitrogens is 2. The summed E-state index contributed by atoms with van der Waals surface area (Å²) in [6.07, 6.45) is 0. The average molecular weight is 741 g/mol. The molecular formula is C54H32N2O2. The highest BCUT2D eigenvalue weighted by Crippen LogP contribution is 2.42. The molecule has 270 valence electrons. The van der Waals surface area contributed by atoms with E-state index >= 15 is 0 Å². The van der Waals surface area contributed by atoms with Crippen LogP contribution in [0.4, 0.5) is 0 Å². The van der Waals surface area contributed by atoms with E-state index in [1.165, 1.54) is 54.8 Å². The van der Waals surface area contributed by atoms with Gasteiger partial charge < -0.3 is 18.0 Å². The van der Waals surface area contributed by atoms with Crippen LogP contribution in [0, 0.1) is 0 Å². The van der Waals surface area contributed by atoms with Crippen molar-refractivity contribution in [3.8, 4) is 33.6 Å². The second-order valence-corrected chi connectivity index (χ2v) is 15.3. The Morgan fingerprint density at radius 2 is 0.621 bits per heavy atom. The summed E-state index contributed by atoms with van der Waals surface area (Å²) in [7, 11) is 0. The van der Waals surface area contributed by atoms with Gasteiger partial charge in [-0.25, -0.2) is 0 Å². The molecular weight excluding hydrogens is 709 g/mol. The minimum atomic E-state index is 0.899. The fourth-order valence-electron chi connectivity index (χ4n) is 9.40. The first-order chi connectivity index (χ1) is 28.7. The average Bonchev–Trinajstić information content (AvgIpc) is 4.02. The zero-order valence-corrected chi connectivity index (χ0v) is 31.2. The number of hydrogen-bond acceptors (Lipinski definition) is 2. The second-order valence-electron chi connectivity index (χ2n) is 15.3. The number of hydrogen-bond donors (Lipinski definition) is 0. The van der Waals surface area contributed by atoms with Crippen LogP contribution in [0.3, 0.4) is 0 Å². The number of rotatable bonds is 4. The number of nitrogens with zero attached hydrogens (tertiary/aromatic N) is 2. The summed E-state index contributed by atoms with van der Waals surface area (Å²) >= 11 is 0. The third-order valence-corrected chi connectivity index (χ3v) is 12.1. The molecule has 0 saturated carbocycles. The molecule has 0 aliphatic carbocycles. The lowest BCUT2D eigenvalue weighted by molar-refractivity contribution is 0.669. The van der Waals surface area contributed by atoms with Crippen LogP contribution in [0.1, 0.15) is 0 Å². The van der Waals surface area contributed by atoms with Crippen LogP contribution in [-0.2, 0) is 0 Å². The molecule has 0 unspecified atom stereocenters. The molecule has 0 aliphatic rings.